The van der Waals surface area contributed by atoms with Crippen molar-refractivity contribution < 1.29 is 18.7 Å². The highest BCUT2D eigenvalue weighted by Crippen LogP contribution is 2.20. The molecule has 2 aromatic heterocycles. The molecular weight excluding hydrogens is 298 g/mol. The van der Waals surface area contributed by atoms with Gasteiger partial charge in [-0.15, -0.1) is 4.73 Å². The topological polar surface area (TPSA) is 91.3 Å². The number of nitrogens with zero attached hydrogens (tertiary/aromatic N) is 2. The van der Waals surface area contributed by atoms with Crippen LogP contribution in [-0.2, 0) is 6.42 Å². The zero-order valence-corrected chi connectivity index (χ0v) is 12.5. The van der Waals surface area contributed by atoms with Crippen molar-refractivity contribution in [1.29, 1.82) is 0 Å². The van der Waals surface area contributed by atoms with Crippen molar-refractivity contribution in [2.24, 2.45) is 0 Å². The van der Waals surface area contributed by atoms with Crippen molar-refractivity contribution in [3.8, 4) is 5.75 Å². The third kappa shape index (κ3) is 3.08. The van der Waals surface area contributed by atoms with Crippen LogP contribution in [0.25, 0.3) is 11.1 Å². The van der Waals surface area contributed by atoms with Crippen LogP contribution in [0, 0.1) is 5.21 Å². The second kappa shape index (κ2) is 6.35. The zero-order valence-electron chi connectivity index (χ0n) is 12.5. The number of fused-ring (bicyclic) bond motifs is 1. The minimum absolute atomic E-state index is 0.220. The molecule has 0 spiro atoms. The van der Waals surface area contributed by atoms with Crippen molar-refractivity contribution in [1.82, 2.24) is 10.3 Å². The number of aromatic nitrogens is 2. The van der Waals surface area contributed by atoms with Crippen molar-refractivity contribution in [3.63, 3.8) is 0 Å². The van der Waals surface area contributed by atoms with E-state index in [1.165, 1.54) is 0 Å². The first kappa shape index (κ1) is 14.8. The van der Waals surface area contributed by atoms with Gasteiger partial charge in [-0.2, -0.15) is 0 Å². The molecule has 0 saturated heterocycles. The third-order valence-electron chi connectivity index (χ3n) is 3.41. The summed E-state index contributed by atoms with van der Waals surface area (Å²) < 4.78 is 11.4. The summed E-state index contributed by atoms with van der Waals surface area (Å²) in [5, 5.41) is 14.9. The molecule has 0 radical (unpaired) electrons. The number of carbonyl (C=O) groups is 1. The van der Waals surface area contributed by atoms with Gasteiger partial charge in [0.1, 0.15) is 5.75 Å². The molecule has 118 valence electrons. The average molecular weight is 313 g/mol. The van der Waals surface area contributed by atoms with Crippen molar-refractivity contribution in [3.05, 3.63) is 59.4 Å². The van der Waals surface area contributed by atoms with Gasteiger partial charge in [0.05, 0.1) is 13.5 Å². The van der Waals surface area contributed by atoms with E-state index in [1.807, 2.05) is 0 Å². The highest BCUT2D eigenvalue weighted by atomic mass is 16.5. The van der Waals surface area contributed by atoms with E-state index in [4.69, 9.17) is 9.15 Å². The van der Waals surface area contributed by atoms with E-state index in [0.29, 0.717) is 29.0 Å². The summed E-state index contributed by atoms with van der Waals surface area (Å²) in [5.74, 6) is 0.635. The Morgan fingerprint density at radius 1 is 1.35 bits per heavy atom. The molecule has 0 aliphatic heterocycles. The molecule has 0 fully saturated rings. The van der Waals surface area contributed by atoms with Crippen LogP contribution in [-0.4, -0.2) is 24.5 Å². The van der Waals surface area contributed by atoms with Gasteiger partial charge in [0.15, 0.2) is 0 Å². The quantitative estimate of drug-likeness (QED) is 0.568. The van der Waals surface area contributed by atoms with Gasteiger partial charge in [-0.1, -0.05) is 0 Å². The first-order valence-electron chi connectivity index (χ1n) is 7.06. The summed E-state index contributed by atoms with van der Waals surface area (Å²) in [5.41, 5.74) is 1.40. The molecule has 1 N–H and O–H groups in total. The maximum atomic E-state index is 12.1. The second-order valence-corrected chi connectivity index (χ2v) is 4.87. The molecule has 0 bridgehead atoms. The number of rotatable bonds is 5. The molecule has 3 aromatic rings. The number of amides is 1. The molecule has 0 atom stereocenters. The lowest BCUT2D eigenvalue weighted by Gasteiger charge is -2.02. The number of methoxy groups -OCH3 is 1. The van der Waals surface area contributed by atoms with Crippen LogP contribution in [0.1, 0.15) is 16.2 Å². The average Bonchev–Trinajstić information content (AvgIpc) is 2.91. The molecule has 7 nitrogen and oxygen atoms in total. The second-order valence-electron chi connectivity index (χ2n) is 4.87. The molecule has 3 rings (SSSR count). The SMILES string of the molecule is COc1ccc2c(c1)oc(CCNC(=O)c1ccncc1)[n+]2[O-]. The van der Waals surface area contributed by atoms with E-state index in [0.717, 1.165) is 4.73 Å². The van der Waals surface area contributed by atoms with E-state index >= 15 is 0 Å². The van der Waals surface area contributed by atoms with Gasteiger partial charge in [0, 0.05) is 36.6 Å². The van der Waals surface area contributed by atoms with Crippen LogP contribution in [0.15, 0.2) is 47.1 Å². The minimum atomic E-state index is -0.220. The highest BCUT2D eigenvalue weighted by molar-refractivity contribution is 5.93. The molecule has 1 amide bonds. The summed E-state index contributed by atoms with van der Waals surface area (Å²) >= 11 is 0. The zero-order chi connectivity index (χ0) is 16.2. The monoisotopic (exact) mass is 313 g/mol. The number of hydrogen-bond donors (Lipinski definition) is 1. The lowest BCUT2D eigenvalue weighted by molar-refractivity contribution is -0.592. The van der Waals surface area contributed by atoms with Gasteiger partial charge in [-0.25, -0.2) is 0 Å². The fraction of sp³-hybridized carbons (Fsp3) is 0.188. The van der Waals surface area contributed by atoms with Crippen LogP contribution >= 0.6 is 0 Å². The number of pyridine rings is 1. The summed E-state index contributed by atoms with van der Waals surface area (Å²) in [6.45, 7) is 0.292. The molecule has 1 aromatic carbocycles. The predicted molar refractivity (Wildman–Crippen MR) is 82.0 cm³/mol. The van der Waals surface area contributed by atoms with Gasteiger partial charge in [-0.05, 0) is 18.2 Å². The number of nitrogens with one attached hydrogen (secondary N) is 1. The summed E-state index contributed by atoms with van der Waals surface area (Å²) in [6, 6.07) is 8.24. The van der Waals surface area contributed by atoms with Gasteiger partial charge in [-0.3, -0.25) is 9.78 Å². The fourth-order valence-corrected chi connectivity index (χ4v) is 2.21. The van der Waals surface area contributed by atoms with Gasteiger partial charge in [0.2, 0.25) is 5.58 Å². The summed E-state index contributed by atoms with van der Waals surface area (Å²) in [4.78, 5) is 15.8. The Morgan fingerprint density at radius 3 is 2.87 bits per heavy atom. The van der Waals surface area contributed by atoms with E-state index < -0.39 is 0 Å². The lowest BCUT2D eigenvalue weighted by atomic mass is 10.2. The molecule has 7 heteroatoms. The van der Waals surface area contributed by atoms with Crippen LogP contribution < -0.4 is 14.8 Å². The Bertz CT molecular complexity index is 830. The molecule has 2 heterocycles. The maximum absolute atomic E-state index is 12.1. The first-order chi connectivity index (χ1) is 11.2. The Morgan fingerprint density at radius 2 is 2.13 bits per heavy atom. The van der Waals surface area contributed by atoms with Gasteiger partial charge < -0.3 is 19.7 Å². The standard InChI is InChI=1S/C16H15N3O4/c1-22-12-2-3-13-14(10-12)23-15(19(13)21)6-9-18-16(20)11-4-7-17-8-5-11/h2-5,7-8,10H,6,9H2,1H3,(H,18,20). The lowest BCUT2D eigenvalue weighted by Crippen LogP contribution is -2.33. The third-order valence-corrected chi connectivity index (χ3v) is 3.41. The van der Waals surface area contributed by atoms with Crippen molar-refractivity contribution in [2.45, 2.75) is 6.42 Å². The predicted octanol–water partition coefficient (Wildman–Crippen LogP) is 1.44. The van der Waals surface area contributed by atoms with Crippen LogP contribution in [0.4, 0.5) is 0 Å². The molecule has 0 aliphatic rings. The maximum Gasteiger partial charge on any atom is 0.361 e. The Balaban J connectivity index is 1.67. The van der Waals surface area contributed by atoms with E-state index in [9.17, 15) is 10.0 Å². The molecular formula is C16H15N3O4. The largest absolute Gasteiger partial charge is 0.616 e. The van der Waals surface area contributed by atoms with E-state index in [1.54, 1.807) is 49.8 Å². The number of benzene rings is 1. The highest BCUT2D eigenvalue weighted by Gasteiger charge is 2.18. The van der Waals surface area contributed by atoms with Crippen molar-refractivity contribution in [2.75, 3.05) is 13.7 Å². The van der Waals surface area contributed by atoms with E-state index in [-0.39, 0.29) is 18.2 Å². The number of ether oxygens (including phenoxy) is 1. The molecule has 23 heavy (non-hydrogen) atoms. The first-order valence-corrected chi connectivity index (χ1v) is 7.06. The molecule has 0 unspecified atom stereocenters. The summed E-state index contributed by atoms with van der Waals surface area (Å²) in [7, 11) is 1.55. The minimum Gasteiger partial charge on any atom is -0.616 e. The van der Waals surface area contributed by atoms with Crippen LogP contribution in [0.3, 0.4) is 0 Å². The van der Waals surface area contributed by atoms with Crippen LogP contribution in [0.5, 0.6) is 5.75 Å². The van der Waals surface area contributed by atoms with Gasteiger partial charge >= 0.3 is 5.89 Å². The molecule has 0 saturated carbocycles. The number of carbonyl (C=O) groups excluding carboxylic acids is 1. The smallest absolute Gasteiger partial charge is 0.361 e. The Kier molecular flexibility index (Phi) is 4.09. The van der Waals surface area contributed by atoms with Crippen molar-refractivity contribution >= 4 is 17.0 Å². The van der Waals surface area contributed by atoms with Gasteiger partial charge in [0.25, 0.3) is 11.4 Å². The Labute approximate surface area is 132 Å². The number of oxazole rings is 1. The van der Waals surface area contributed by atoms with Crippen LogP contribution in [0.2, 0.25) is 0 Å². The molecule has 0 aliphatic carbocycles. The summed E-state index contributed by atoms with van der Waals surface area (Å²) in [6.07, 6.45) is 3.39. The Hall–Kier alpha value is -3.09. The normalized spacial score (nSPS) is 10.7. The fourth-order valence-electron chi connectivity index (χ4n) is 2.21. The van der Waals surface area contributed by atoms with E-state index in [2.05, 4.69) is 10.3 Å². The number of hydrogen-bond acceptors (Lipinski definition) is 5.